The van der Waals surface area contributed by atoms with Gasteiger partial charge in [0.05, 0.1) is 12.2 Å². The maximum Gasteiger partial charge on any atom is 0.223 e. The van der Waals surface area contributed by atoms with Crippen molar-refractivity contribution < 1.29 is 4.79 Å². The van der Waals surface area contributed by atoms with Gasteiger partial charge in [0.15, 0.2) is 0 Å². The standard InChI is InChI=1S/C12H15BrN2O/c1-2-9-5-12(16)15(7-9)8-11-4-3-10(13)6-14-11/h3-4,6,9H,2,5,7-8H2,1H3. The number of carbonyl (C=O) groups is 1. The number of likely N-dealkylation sites (tertiary alicyclic amines) is 1. The lowest BCUT2D eigenvalue weighted by Gasteiger charge is -2.15. The zero-order valence-electron chi connectivity index (χ0n) is 9.32. The van der Waals surface area contributed by atoms with E-state index >= 15 is 0 Å². The van der Waals surface area contributed by atoms with Crippen LogP contribution in [0.2, 0.25) is 0 Å². The lowest BCUT2D eigenvalue weighted by molar-refractivity contribution is -0.128. The summed E-state index contributed by atoms with van der Waals surface area (Å²) in [5.41, 5.74) is 0.952. The largest absolute Gasteiger partial charge is 0.336 e. The first kappa shape index (κ1) is 11.6. The fourth-order valence-electron chi connectivity index (χ4n) is 1.98. The van der Waals surface area contributed by atoms with Crippen molar-refractivity contribution in [3.8, 4) is 0 Å². The zero-order chi connectivity index (χ0) is 11.5. The summed E-state index contributed by atoms with van der Waals surface area (Å²) >= 11 is 3.35. The topological polar surface area (TPSA) is 33.2 Å². The normalized spacial score (nSPS) is 20.5. The van der Waals surface area contributed by atoms with E-state index in [2.05, 4.69) is 27.8 Å². The van der Waals surface area contributed by atoms with E-state index in [-0.39, 0.29) is 5.91 Å². The van der Waals surface area contributed by atoms with Crippen molar-refractivity contribution in [1.82, 2.24) is 9.88 Å². The van der Waals surface area contributed by atoms with E-state index < -0.39 is 0 Å². The number of pyridine rings is 1. The summed E-state index contributed by atoms with van der Waals surface area (Å²) in [6, 6.07) is 3.91. The minimum Gasteiger partial charge on any atom is -0.336 e. The van der Waals surface area contributed by atoms with Crippen LogP contribution in [0.5, 0.6) is 0 Å². The summed E-state index contributed by atoms with van der Waals surface area (Å²) in [7, 11) is 0. The van der Waals surface area contributed by atoms with E-state index in [0.29, 0.717) is 18.9 Å². The lowest BCUT2D eigenvalue weighted by Crippen LogP contribution is -2.25. The second kappa shape index (κ2) is 4.95. The Labute approximate surface area is 104 Å². The van der Waals surface area contributed by atoms with E-state index in [1.54, 1.807) is 6.20 Å². The van der Waals surface area contributed by atoms with Crippen LogP contribution in [0.15, 0.2) is 22.8 Å². The van der Waals surface area contributed by atoms with Crippen molar-refractivity contribution in [3.05, 3.63) is 28.5 Å². The molecule has 86 valence electrons. The second-order valence-electron chi connectivity index (χ2n) is 4.22. The van der Waals surface area contributed by atoms with E-state index in [0.717, 1.165) is 23.1 Å². The van der Waals surface area contributed by atoms with Crippen LogP contribution in [0.1, 0.15) is 25.5 Å². The van der Waals surface area contributed by atoms with Gasteiger partial charge >= 0.3 is 0 Å². The summed E-state index contributed by atoms with van der Waals surface area (Å²) in [5.74, 6) is 0.791. The lowest BCUT2D eigenvalue weighted by atomic mass is 10.1. The van der Waals surface area contributed by atoms with Gasteiger partial charge < -0.3 is 4.90 Å². The van der Waals surface area contributed by atoms with Gasteiger partial charge in [0, 0.05) is 23.6 Å². The molecule has 1 saturated heterocycles. The van der Waals surface area contributed by atoms with E-state index in [4.69, 9.17) is 0 Å². The molecule has 0 N–H and O–H groups in total. The molecule has 4 heteroatoms. The average molecular weight is 283 g/mol. The Morgan fingerprint density at radius 1 is 1.56 bits per heavy atom. The summed E-state index contributed by atoms with van der Waals surface area (Å²) in [4.78, 5) is 17.9. The molecule has 0 bridgehead atoms. The second-order valence-corrected chi connectivity index (χ2v) is 5.14. The van der Waals surface area contributed by atoms with Gasteiger partial charge in [0.2, 0.25) is 5.91 Å². The molecule has 3 nitrogen and oxygen atoms in total. The maximum atomic E-state index is 11.7. The van der Waals surface area contributed by atoms with Gasteiger partial charge in [-0.1, -0.05) is 13.3 Å². The zero-order valence-corrected chi connectivity index (χ0v) is 10.9. The molecule has 1 aliphatic rings. The molecule has 1 fully saturated rings. The fraction of sp³-hybridized carbons (Fsp3) is 0.500. The highest BCUT2D eigenvalue weighted by atomic mass is 79.9. The highest BCUT2D eigenvalue weighted by Gasteiger charge is 2.28. The third-order valence-electron chi connectivity index (χ3n) is 3.01. The Morgan fingerprint density at radius 2 is 2.38 bits per heavy atom. The van der Waals surface area contributed by atoms with Crippen LogP contribution in [0.3, 0.4) is 0 Å². The Hall–Kier alpha value is -0.900. The first-order chi connectivity index (χ1) is 7.69. The fourth-order valence-corrected chi connectivity index (χ4v) is 2.21. The number of halogens is 1. The molecule has 2 rings (SSSR count). The van der Waals surface area contributed by atoms with Crippen molar-refractivity contribution in [2.75, 3.05) is 6.54 Å². The average Bonchev–Trinajstić information content (AvgIpc) is 2.63. The predicted octanol–water partition coefficient (Wildman–Crippen LogP) is 2.60. The molecule has 0 aliphatic carbocycles. The molecule has 1 unspecified atom stereocenters. The highest BCUT2D eigenvalue weighted by molar-refractivity contribution is 9.10. The summed E-state index contributed by atoms with van der Waals surface area (Å²) < 4.78 is 0.968. The molecule has 1 aromatic rings. The molecule has 2 heterocycles. The Balaban J connectivity index is 2.00. The van der Waals surface area contributed by atoms with Crippen LogP contribution in [0.4, 0.5) is 0 Å². The minimum absolute atomic E-state index is 0.261. The maximum absolute atomic E-state index is 11.7. The third kappa shape index (κ3) is 2.61. The molecule has 0 saturated carbocycles. The van der Waals surface area contributed by atoms with Crippen LogP contribution in [-0.4, -0.2) is 22.3 Å². The van der Waals surface area contributed by atoms with Gasteiger partial charge in [-0.15, -0.1) is 0 Å². The quantitative estimate of drug-likeness (QED) is 0.854. The van der Waals surface area contributed by atoms with Gasteiger partial charge in [0.1, 0.15) is 0 Å². The van der Waals surface area contributed by atoms with Gasteiger partial charge in [-0.05, 0) is 34.0 Å². The van der Waals surface area contributed by atoms with E-state index in [1.165, 1.54) is 0 Å². The molecule has 1 atom stereocenters. The number of aromatic nitrogens is 1. The molecule has 0 radical (unpaired) electrons. The van der Waals surface area contributed by atoms with Gasteiger partial charge in [0.25, 0.3) is 0 Å². The summed E-state index contributed by atoms with van der Waals surface area (Å²) in [6.07, 6.45) is 3.55. The number of nitrogens with zero attached hydrogens (tertiary/aromatic N) is 2. The van der Waals surface area contributed by atoms with E-state index in [9.17, 15) is 4.79 Å². The smallest absolute Gasteiger partial charge is 0.223 e. The molecule has 1 aliphatic heterocycles. The number of hydrogen-bond acceptors (Lipinski definition) is 2. The van der Waals surface area contributed by atoms with Crippen LogP contribution >= 0.6 is 15.9 Å². The minimum atomic E-state index is 0.261. The Kier molecular flexibility index (Phi) is 3.59. The van der Waals surface area contributed by atoms with E-state index in [1.807, 2.05) is 17.0 Å². The van der Waals surface area contributed by atoms with Crippen molar-refractivity contribution >= 4 is 21.8 Å². The monoisotopic (exact) mass is 282 g/mol. The van der Waals surface area contributed by atoms with Crippen molar-refractivity contribution in [2.24, 2.45) is 5.92 Å². The van der Waals surface area contributed by atoms with Gasteiger partial charge in [-0.3, -0.25) is 9.78 Å². The first-order valence-electron chi connectivity index (χ1n) is 5.57. The highest BCUT2D eigenvalue weighted by Crippen LogP contribution is 2.22. The predicted molar refractivity (Wildman–Crippen MR) is 65.8 cm³/mol. The van der Waals surface area contributed by atoms with Gasteiger partial charge in [-0.25, -0.2) is 0 Å². The molecule has 0 spiro atoms. The first-order valence-corrected chi connectivity index (χ1v) is 6.36. The molecule has 1 amide bonds. The number of carbonyl (C=O) groups excluding carboxylic acids is 1. The molecule has 16 heavy (non-hydrogen) atoms. The SMILES string of the molecule is CCC1CC(=O)N(Cc2ccc(Br)cn2)C1. The third-order valence-corrected chi connectivity index (χ3v) is 3.48. The molecular formula is C12H15BrN2O. The van der Waals surface area contributed by atoms with Crippen LogP contribution in [-0.2, 0) is 11.3 Å². The molecule has 0 aromatic carbocycles. The summed E-state index contributed by atoms with van der Waals surface area (Å²) in [5, 5.41) is 0. The van der Waals surface area contributed by atoms with Crippen molar-refractivity contribution in [3.63, 3.8) is 0 Å². The van der Waals surface area contributed by atoms with Gasteiger partial charge in [-0.2, -0.15) is 0 Å². The molecular weight excluding hydrogens is 268 g/mol. The van der Waals surface area contributed by atoms with Crippen LogP contribution < -0.4 is 0 Å². The molecule has 1 aromatic heterocycles. The number of hydrogen-bond donors (Lipinski definition) is 0. The number of rotatable bonds is 3. The van der Waals surface area contributed by atoms with Crippen molar-refractivity contribution in [1.29, 1.82) is 0 Å². The number of amides is 1. The summed E-state index contributed by atoms with van der Waals surface area (Å²) in [6.45, 7) is 3.66. The van der Waals surface area contributed by atoms with Crippen LogP contribution in [0, 0.1) is 5.92 Å². The van der Waals surface area contributed by atoms with Crippen LogP contribution in [0.25, 0.3) is 0 Å². The Bertz CT molecular complexity index is 377. The van der Waals surface area contributed by atoms with Crippen molar-refractivity contribution in [2.45, 2.75) is 26.3 Å². The Morgan fingerprint density at radius 3 is 2.94 bits per heavy atom.